The van der Waals surface area contributed by atoms with Gasteiger partial charge < -0.3 is 5.32 Å². The highest BCUT2D eigenvalue weighted by Gasteiger charge is 2.10. The Morgan fingerprint density at radius 1 is 1.20 bits per heavy atom. The maximum Gasteiger partial charge on any atom is 0.148 e. The van der Waals surface area contributed by atoms with Crippen LogP contribution in [0.2, 0.25) is 0 Å². The van der Waals surface area contributed by atoms with Crippen molar-refractivity contribution in [2.24, 2.45) is 0 Å². The third-order valence-corrected chi connectivity index (χ3v) is 2.51. The highest BCUT2D eigenvalue weighted by Crippen LogP contribution is 2.10. The maximum absolute atomic E-state index is 13.2. The monoisotopic (exact) mass is 214 g/mol. The van der Waals surface area contributed by atoms with Crippen molar-refractivity contribution in [3.63, 3.8) is 0 Å². The van der Waals surface area contributed by atoms with E-state index in [0.717, 1.165) is 25.2 Å². The first-order chi connectivity index (χ1) is 7.19. The molecular weight excluding hydrogens is 198 g/mol. The van der Waals surface area contributed by atoms with Gasteiger partial charge in [0.15, 0.2) is 0 Å². The van der Waals surface area contributed by atoms with Gasteiger partial charge in [-0.1, -0.05) is 13.8 Å². The van der Waals surface area contributed by atoms with Gasteiger partial charge in [-0.2, -0.15) is 0 Å². The van der Waals surface area contributed by atoms with Crippen molar-refractivity contribution in [2.45, 2.75) is 39.3 Å². The number of rotatable bonds is 5. The van der Waals surface area contributed by atoms with Gasteiger partial charge in [-0.3, -0.25) is 4.98 Å². The summed E-state index contributed by atoms with van der Waals surface area (Å²) in [4.78, 5) is 3.43. The molecule has 0 aromatic carbocycles. The van der Waals surface area contributed by atoms with Crippen LogP contribution < -0.4 is 5.32 Å². The SMILES string of the molecule is CCC(CC)NCc1c(F)cncc1F. The summed E-state index contributed by atoms with van der Waals surface area (Å²) in [5.74, 6) is -1.18. The van der Waals surface area contributed by atoms with Crippen molar-refractivity contribution in [2.75, 3.05) is 0 Å². The highest BCUT2D eigenvalue weighted by molar-refractivity contribution is 5.14. The smallest absolute Gasteiger partial charge is 0.148 e. The molecule has 4 heteroatoms. The van der Waals surface area contributed by atoms with Crippen molar-refractivity contribution in [1.29, 1.82) is 0 Å². The topological polar surface area (TPSA) is 24.9 Å². The van der Waals surface area contributed by atoms with E-state index in [9.17, 15) is 8.78 Å². The minimum Gasteiger partial charge on any atom is -0.310 e. The van der Waals surface area contributed by atoms with Crippen LogP contribution in [0.3, 0.4) is 0 Å². The lowest BCUT2D eigenvalue weighted by molar-refractivity contribution is 0.459. The van der Waals surface area contributed by atoms with Crippen LogP contribution in [0.25, 0.3) is 0 Å². The molecule has 1 aromatic rings. The largest absolute Gasteiger partial charge is 0.310 e. The van der Waals surface area contributed by atoms with Gasteiger partial charge in [0.05, 0.1) is 12.4 Å². The molecule has 0 amide bonds. The first-order valence-electron chi connectivity index (χ1n) is 5.20. The number of hydrogen-bond acceptors (Lipinski definition) is 2. The van der Waals surface area contributed by atoms with Crippen LogP contribution in [0, 0.1) is 11.6 Å². The second kappa shape index (κ2) is 5.75. The zero-order chi connectivity index (χ0) is 11.3. The molecule has 0 radical (unpaired) electrons. The molecule has 2 nitrogen and oxygen atoms in total. The summed E-state index contributed by atoms with van der Waals surface area (Å²) in [5.41, 5.74) is 0.0666. The number of halogens is 2. The Hall–Kier alpha value is -1.03. The van der Waals surface area contributed by atoms with Crippen molar-refractivity contribution in [1.82, 2.24) is 10.3 Å². The lowest BCUT2D eigenvalue weighted by atomic mass is 10.1. The Morgan fingerprint density at radius 3 is 2.20 bits per heavy atom. The summed E-state index contributed by atoms with van der Waals surface area (Å²) in [6.45, 7) is 4.30. The number of hydrogen-bond donors (Lipinski definition) is 1. The van der Waals surface area contributed by atoms with Gasteiger partial charge in [-0.25, -0.2) is 8.78 Å². The average molecular weight is 214 g/mol. The molecule has 0 aliphatic rings. The summed E-state index contributed by atoms with van der Waals surface area (Å²) in [6.07, 6.45) is 3.97. The predicted octanol–water partition coefficient (Wildman–Crippen LogP) is 2.64. The molecule has 0 spiro atoms. The van der Waals surface area contributed by atoms with Crippen LogP contribution in [0.5, 0.6) is 0 Å². The molecule has 84 valence electrons. The first kappa shape index (κ1) is 12.0. The third-order valence-electron chi connectivity index (χ3n) is 2.51. The molecule has 1 heterocycles. The van der Waals surface area contributed by atoms with E-state index in [1.54, 1.807) is 0 Å². The molecule has 1 rings (SSSR count). The van der Waals surface area contributed by atoms with E-state index in [0.29, 0.717) is 6.04 Å². The van der Waals surface area contributed by atoms with E-state index >= 15 is 0 Å². The highest BCUT2D eigenvalue weighted by atomic mass is 19.1. The third kappa shape index (κ3) is 3.23. The van der Waals surface area contributed by atoms with Crippen molar-refractivity contribution >= 4 is 0 Å². The molecule has 0 fully saturated rings. The molecule has 0 saturated heterocycles. The molecule has 1 aromatic heterocycles. The minimum atomic E-state index is -0.589. The molecule has 0 bridgehead atoms. The van der Waals surface area contributed by atoms with E-state index in [4.69, 9.17) is 0 Å². The molecule has 0 atom stereocenters. The van der Waals surface area contributed by atoms with Crippen molar-refractivity contribution in [3.05, 3.63) is 29.6 Å². The Kier molecular flexibility index (Phi) is 4.62. The fraction of sp³-hybridized carbons (Fsp3) is 0.545. The van der Waals surface area contributed by atoms with Crippen LogP contribution >= 0.6 is 0 Å². The zero-order valence-electron chi connectivity index (χ0n) is 9.06. The summed E-state index contributed by atoms with van der Waals surface area (Å²) in [5, 5.41) is 3.11. The Bertz CT molecular complexity index is 291. The first-order valence-corrected chi connectivity index (χ1v) is 5.20. The second-order valence-electron chi connectivity index (χ2n) is 3.48. The molecular formula is C11H16F2N2. The van der Waals surface area contributed by atoms with Crippen LogP contribution in [0.4, 0.5) is 8.78 Å². The van der Waals surface area contributed by atoms with Gasteiger partial charge in [0, 0.05) is 18.2 Å². The zero-order valence-corrected chi connectivity index (χ0v) is 9.06. The number of pyridine rings is 1. The second-order valence-corrected chi connectivity index (χ2v) is 3.48. The van der Waals surface area contributed by atoms with E-state index in [1.807, 2.05) is 13.8 Å². The van der Waals surface area contributed by atoms with Gasteiger partial charge >= 0.3 is 0 Å². The summed E-state index contributed by atoms with van der Waals surface area (Å²) in [7, 11) is 0. The lowest BCUT2D eigenvalue weighted by Crippen LogP contribution is -2.27. The van der Waals surface area contributed by atoms with E-state index in [2.05, 4.69) is 10.3 Å². The lowest BCUT2D eigenvalue weighted by Gasteiger charge is -2.14. The number of aromatic nitrogens is 1. The Labute approximate surface area is 88.7 Å². The maximum atomic E-state index is 13.2. The van der Waals surface area contributed by atoms with Gasteiger partial charge in [-0.05, 0) is 12.8 Å². The van der Waals surface area contributed by atoms with Crippen LogP contribution in [0.1, 0.15) is 32.3 Å². The minimum absolute atomic E-state index is 0.0666. The average Bonchev–Trinajstić information content (AvgIpc) is 2.23. The Morgan fingerprint density at radius 2 is 1.73 bits per heavy atom. The number of nitrogens with one attached hydrogen (secondary N) is 1. The summed E-state index contributed by atoms with van der Waals surface area (Å²) < 4.78 is 26.3. The van der Waals surface area contributed by atoms with Gasteiger partial charge in [0.25, 0.3) is 0 Å². The van der Waals surface area contributed by atoms with Gasteiger partial charge in [0.1, 0.15) is 11.6 Å². The molecule has 0 aliphatic carbocycles. The van der Waals surface area contributed by atoms with Crippen LogP contribution in [0.15, 0.2) is 12.4 Å². The molecule has 0 aliphatic heterocycles. The Balaban J connectivity index is 2.64. The normalized spacial score (nSPS) is 11.0. The van der Waals surface area contributed by atoms with Gasteiger partial charge in [0.2, 0.25) is 0 Å². The van der Waals surface area contributed by atoms with E-state index in [-0.39, 0.29) is 12.1 Å². The fourth-order valence-corrected chi connectivity index (χ4v) is 1.43. The standard InChI is InChI=1S/C11H16F2N2/c1-3-8(4-2)15-5-9-10(12)6-14-7-11(9)13/h6-8,15H,3-5H2,1-2H3. The van der Waals surface area contributed by atoms with E-state index in [1.165, 1.54) is 0 Å². The quantitative estimate of drug-likeness (QED) is 0.815. The molecule has 0 unspecified atom stereocenters. The molecule has 15 heavy (non-hydrogen) atoms. The molecule has 0 saturated carbocycles. The fourth-order valence-electron chi connectivity index (χ4n) is 1.43. The number of nitrogens with zero attached hydrogens (tertiary/aromatic N) is 1. The van der Waals surface area contributed by atoms with Crippen LogP contribution in [-0.4, -0.2) is 11.0 Å². The molecule has 1 N–H and O–H groups in total. The summed E-state index contributed by atoms with van der Waals surface area (Å²) >= 11 is 0. The van der Waals surface area contributed by atoms with Crippen LogP contribution in [-0.2, 0) is 6.54 Å². The van der Waals surface area contributed by atoms with Crippen molar-refractivity contribution < 1.29 is 8.78 Å². The summed E-state index contributed by atoms with van der Waals surface area (Å²) in [6, 6.07) is 0.303. The van der Waals surface area contributed by atoms with E-state index < -0.39 is 11.6 Å². The van der Waals surface area contributed by atoms with Crippen molar-refractivity contribution in [3.8, 4) is 0 Å². The van der Waals surface area contributed by atoms with Gasteiger partial charge in [-0.15, -0.1) is 0 Å². The predicted molar refractivity (Wildman–Crippen MR) is 55.4 cm³/mol.